The quantitative estimate of drug-likeness (QED) is 0.0593. The highest BCUT2D eigenvalue weighted by Crippen LogP contribution is 2.48. The average molecular weight is 894 g/mol. The molecule has 4 heterocycles. The third-order valence-corrected chi connectivity index (χ3v) is 15.3. The number of fused-ring (bicyclic) bond motifs is 2. The van der Waals surface area contributed by atoms with Crippen molar-refractivity contribution in [2.45, 2.75) is 93.4 Å². The van der Waals surface area contributed by atoms with E-state index in [1.165, 1.54) is 39.9 Å². The van der Waals surface area contributed by atoms with Crippen LogP contribution in [-0.4, -0.2) is 85.0 Å². The molecule has 0 amide bonds. The standard InChI is InChI=1S/C39H48N4O12S4/c1-39(2)30-26-29(59(52,53)54)16-17-31(30)41(23-8-3-5-14-38(46)55-43-35(44)19-20-36(43)45)34(39)12-11-13-37-42(24-9-10-25-57(47,48)49)32-18-15-28(27-33(32)56-37)58(50,51)40-21-6-4-7-22-40/h11-13,15-20,26-27H,3-10,14,21-25H2,1-2H3,(H3-,44,45,47,48,49,52,53,54)/p+1. The second-order valence-corrected chi connectivity index (χ2v) is 21.1. The van der Waals surface area contributed by atoms with E-state index in [0.29, 0.717) is 62.2 Å². The predicted octanol–water partition coefficient (Wildman–Crippen LogP) is 5.40. The van der Waals surface area contributed by atoms with Crippen molar-refractivity contribution >= 4 is 69.5 Å². The molecule has 0 bridgehead atoms. The lowest BCUT2D eigenvalue weighted by Crippen LogP contribution is -2.36. The fraction of sp³-hybridized carbons (Fsp3) is 0.436. The second kappa shape index (κ2) is 17.7. The number of benzene rings is 2. The first-order valence-corrected chi connectivity index (χ1v) is 24.6. The second-order valence-electron chi connectivity index (χ2n) is 15.1. The lowest BCUT2D eigenvalue weighted by atomic mass is 9.83. The zero-order valence-electron chi connectivity index (χ0n) is 32.7. The Kier molecular flexibility index (Phi) is 13.3. The fourth-order valence-corrected chi connectivity index (χ4v) is 11.4. The normalized spacial score (nSPS) is 17.0. The van der Waals surface area contributed by atoms with Crippen LogP contribution in [0, 0.1) is 0 Å². The number of carbonyl (C=O) groups excluding carboxylic acids is 1. The van der Waals surface area contributed by atoms with Crippen LogP contribution in [0.3, 0.4) is 0 Å². The molecule has 0 atom stereocenters. The number of unbranched alkanes of at least 4 members (excludes halogenated alkanes) is 3. The molecule has 0 radical (unpaired) electrons. The van der Waals surface area contributed by atoms with Gasteiger partial charge >= 0.3 is 5.97 Å². The van der Waals surface area contributed by atoms with Crippen LogP contribution in [-0.2, 0) is 47.0 Å². The Balaban J connectivity index is 1.27. The number of allylic oxidation sites excluding steroid dienone is 3. The first-order chi connectivity index (χ1) is 27.8. The van der Waals surface area contributed by atoms with Crippen molar-refractivity contribution in [2.75, 3.05) is 30.3 Å². The van der Waals surface area contributed by atoms with Crippen molar-refractivity contribution < 1.29 is 58.8 Å². The number of piperidine rings is 1. The Morgan fingerprint density at radius 1 is 0.864 bits per heavy atom. The molecule has 0 aliphatic carbocycles. The minimum Gasteiger partial charge on any atom is -0.492 e. The molecular weight excluding hydrogens is 845 g/mol. The number of sulfonamides is 1. The molecule has 20 heteroatoms. The van der Waals surface area contributed by atoms with Gasteiger partial charge < -0.3 is 20.0 Å². The number of rotatable bonds is 17. The van der Waals surface area contributed by atoms with Gasteiger partial charge in [-0.05, 0) is 74.1 Å². The molecule has 59 heavy (non-hydrogen) atoms. The summed E-state index contributed by atoms with van der Waals surface area (Å²) < 4.78 is 98.3. The van der Waals surface area contributed by atoms with Gasteiger partial charge in [0, 0.05) is 73.6 Å². The summed E-state index contributed by atoms with van der Waals surface area (Å²) in [6, 6.07) is 11.9. The van der Waals surface area contributed by atoms with Crippen molar-refractivity contribution in [3.05, 3.63) is 77.0 Å². The third-order valence-electron chi connectivity index (χ3n) is 10.6. The van der Waals surface area contributed by atoms with E-state index in [4.69, 9.17) is 4.84 Å². The zero-order chi connectivity index (χ0) is 42.8. The molecule has 320 valence electrons. The van der Waals surface area contributed by atoms with Crippen molar-refractivity contribution in [1.82, 2.24) is 9.04 Å². The van der Waals surface area contributed by atoms with Gasteiger partial charge in [-0.2, -0.15) is 25.7 Å². The van der Waals surface area contributed by atoms with Crippen molar-refractivity contribution in [3.8, 4) is 11.8 Å². The van der Waals surface area contributed by atoms with Crippen LogP contribution < -0.4 is 14.3 Å². The Morgan fingerprint density at radius 2 is 1.56 bits per heavy atom. The van der Waals surface area contributed by atoms with Crippen molar-refractivity contribution in [1.29, 1.82) is 0 Å². The Bertz CT molecular complexity index is 2590. The molecule has 1 saturated heterocycles. The number of hydrogen-bond donors (Lipinski definition) is 4. The van der Waals surface area contributed by atoms with Crippen molar-refractivity contribution in [3.63, 3.8) is 0 Å². The molecule has 4 aromatic rings. The van der Waals surface area contributed by atoms with Crippen LogP contribution in [0.25, 0.3) is 16.3 Å². The summed E-state index contributed by atoms with van der Waals surface area (Å²) in [5.74, 6) is -1.85. The van der Waals surface area contributed by atoms with Gasteiger partial charge in [-0.25, -0.2) is 13.2 Å². The summed E-state index contributed by atoms with van der Waals surface area (Å²) in [4.78, 5) is 19.4. The van der Waals surface area contributed by atoms with Gasteiger partial charge in [0.25, 0.3) is 25.2 Å². The molecule has 4 N–H and O–H groups in total. The lowest BCUT2D eigenvalue weighted by molar-refractivity contribution is -0.669. The van der Waals surface area contributed by atoms with Crippen molar-refractivity contribution in [2.24, 2.45) is 0 Å². The maximum atomic E-state index is 13.6. The van der Waals surface area contributed by atoms with Crippen LogP contribution in [0.2, 0.25) is 0 Å². The van der Waals surface area contributed by atoms with Gasteiger partial charge in [0.1, 0.15) is 4.70 Å². The first-order valence-electron chi connectivity index (χ1n) is 19.3. The maximum Gasteiger partial charge on any atom is 0.333 e. The number of nitrogens with zero attached hydrogens (tertiary/aromatic N) is 4. The number of hydrogen-bond acceptors (Lipinski definition) is 12. The summed E-state index contributed by atoms with van der Waals surface area (Å²) in [5, 5.41) is 20.3. The molecule has 6 rings (SSSR count). The summed E-state index contributed by atoms with van der Waals surface area (Å²) in [6.07, 6.45) is 10.6. The summed E-state index contributed by atoms with van der Waals surface area (Å²) >= 11 is 1.38. The minimum atomic E-state index is -4.49. The van der Waals surface area contributed by atoms with Crippen LogP contribution in [0.15, 0.2) is 76.2 Å². The number of anilines is 1. The van der Waals surface area contributed by atoms with Crippen LogP contribution in [0.4, 0.5) is 5.69 Å². The fourth-order valence-electron chi connectivity index (χ4n) is 7.55. The summed E-state index contributed by atoms with van der Waals surface area (Å²) in [7, 11) is -12.3. The molecule has 2 aromatic heterocycles. The van der Waals surface area contributed by atoms with E-state index in [1.807, 2.05) is 36.6 Å². The molecule has 2 aromatic carbocycles. The van der Waals surface area contributed by atoms with E-state index >= 15 is 0 Å². The summed E-state index contributed by atoms with van der Waals surface area (Å²) in [6.45, 7) is 5.71. The topological polar surface area (TPSA) is 225 Å². The molecule has 0 spiro atoms. The van der Waals surface area contributed by atoms with Gasteiger partial charge in [-0.1, -0.05) is 44.1 Å². The van der Waals surface area contributed by atoms with Gasteiger partial charge in [0.15, 0.2) is 6.54 Å². The molecular formula is C39H49N4O12S4+. The lowest BCUT2D eigenvalue weighted by Gasteiger charge is -2.27. The number of carbonyl (C=O) groups is 1. The maximum absolute atomic E-state index is 13.6. The van der Waals surface area contributed by atoms with Crippen LogP contribution in [0.5, 0.6) is 11.8 Å². The Hall–Kier alpha value is -4.31. The molecule has 0 unspecified atom stereocenters. The zero-order valence-corrected chi connectivity index (χ0v) is 36.0. The summed E-state index contributed by atoms with van der Waals surface area (Å²) in [5.41, 5.74) is 2.29. The Morgan fingerprint density at radius 3 is 2.24 bits per heavy atom. The molecule has 2 aliphatic heterocycles. The molecule has 2 aliphatic rings. The molecule has 16 nitrogen and oxygen atoms in total. The van der Waals surface area contributed by atoms with E-state index in [1.54, 1.807) is 24.3 Å². The minimum absolute atomic E-state index is 0.0267. The number of aromatic nitrogens is 2. The third kappa shape index (κ3) is 10.2. The molecule has 1 fully saturated rings. The van der Waals surface area contributed by atoms with Gasteiger partial charge in [0.05, 0.1) is 15.5 Å². The van der Waals surface area contributed by atoms with Gasteiger partial charge in [-0.15, -0.1) is 4.73 Å². The first kappa shape index (κ1) is 44.2. The van der Waals surface area contributed by atoms with E-state index in [0.717, 1.165) is 45.9 Å². The van der Waals surface area contributed by atoms with Crippen LogP contribution in [0.1, 0.15) is 82.2 Å². The highest BCUT2D eigenvalue weighted by Gasteiger charge is 2.40. The van der Waals surface area contributed by atoms with Crippen LogP contribution >= 0.6 is 11.3 Å². The number of aryl methyl sites for hydroxylation is 1. The monoisotopic (exact) mass is 893 g/mol. The predicted molar refractivity (Wildman–Crippen MR) is 222 cm³/mol. The van der Waals surface area contributed by atoms with E-state index in [2.05, 4.69) is 4.90 Å². The van der Waals surface area contributed by atoms with E-state index < -0.39 is 53.4 Å². The average Bonchev–Trinajstić information content (AvgIpc) is 3.76. The molecule has 0 saturated carbocycles. The Labute approximate surface area is 348 Å². The van der Waals surface area contributed by atoms with E-state index in [9.17, 15) is 49.4 Å². The number of aromatic hydroxyl groups is 2. The highest BCUT2D eigenvalue weighted by atomic mass is 32.2. The smallest absolute Gasteiger partial charge is 0.333 e. The largest absolute Gasteiger partial charge is 0.492 e. The van der Waals surface area contributed by atoms with Gasteiger partial charge in [-0.3, -0.25) is 9.11 Å². The number of thiazole rings is 1. The van der Waals surface area contributed by atoms with Gasteiger partial charge in [0.2, 0.25) is 27.3 Å². The highest BCUT2D eigenvalue weighted by molar-refractivity contribution is 7.89. The van der Waals surface area contributed by atoms with E-state index in [-0.39, 0.29) is 28.4 Å². The SMILES string of the molecule is CC1(C)C(=CC=Cc2sc3cc(S(=O)(=O)N4CCCCC4)ccc3[n+]2CCCCS(=O)(=O)O)N(CCCCCC(=O)On2c(O)ccc2O)c2ccc(S(=O)(=O)O)cc21.